The van der Waals surface area contributed by atoms with Gasteiger partial charge in [0.1, 0.15) is 17.7 Å². The first kappa shape index (κ1) is 22.9. The number of carbonyl (C=O) groups excluding carboxylic acids is 1. The van der Waals surface area contributed by atoms with Crippen molar-refractivity contribution in [2.45, 2.75) is 101 Å². The van der Waals surface area contributed by atoms with Crippen LogP contribution < -0.4 is 10.1 Å². The third-order valence-corrected chi connectivity index (χ3v) is 8.45. The van der Waals surface area contributed by atoms with Crippen molar-refractivity contribution in [3.05, 3.63) is 23.3 Å². The third-order valence-electron chi connectivity index (χ3n) is 8.45. The molecule has 0 aromatic heterocycles. The first-order chi connectivity index (χ1) is 15.4. The van der Waals surface area contributed by atoms with Crippen molar-refractivity contribution in [3.63, 3.8) is 0 Å². The quantitative estimate of drug-likeness (QED) is 0.597. The number of likely N-dealkylation sites (N-methyl/N-ethyl adjacent to an activating group) is 1. The van der Waals surface area contributed by atoms with Gasteiger partial charge in [-0.05, 0) is 77.6 Å². The Balaban J connectivity index is 1.55. The minimum absolute atomic E-state index is 0.00745. The van der Waals surface area contributed by atoms with Crippen LogP contribution in [0.25, 0.3) is 0 Å². The smallest absolute Gasteiger partial charge is 0.323 e. The minimum atomic E-state index is -0.936. The van der Waals surface area contributed by atoms with Crippen LogP contribution in [-0.2, 0) is 21.4 Å². The summed E-state index contributed by atoms with van der Waals surface area (Å²) in [6, 6.07) is 3.08. The first-order valence-electron chi connectivity index (χ1n) is 12.3. The molecule has 2 unspecified atom stereocenters. The molecule has 2 aliphatic carbocycles. The van der Waals surface area contributed by atoms with Crippen LogP contribution in [-0.4, -0.2) is 70.1 Å². The molecule has 0 radical (unpaired) electrons. The fraction of sp³-hybridized carbons (Fsp3) is 0.731. The summed E-state index contributed by atoms with van der Waals surface area (Å²) in [6.07, 6.45) is 2.44. The predicted molar refractivity (Wildman–Crippen MR) is 125 cm³/mol. The normalized spacial score (nSPS) is 35.7. The van der Waals surface area contributed by atoms with Gasteiger partial charge in [0.15, 0.2) is 11.5 Å². The van der Waals surface area contributed by atoms with Crippen molar-refractivity contribution < 1.29 is 24.5 Å². The SMILES string of the molecule is CC(C)[C@H](NC1CC[C@@]2(O)[C@H]3Cc4ccc(O)c5c4[C@@]2(CCN3C)C1O5)C(=O)OC(C)(C)C. The summed E-state index contributed by atoms with van der Waals surface area (Å²) >= 11 is 0. The van der Waals surface area contributed by atoms with E-state index in [-0.39, 0.29) is 35.8 Å². The zero-order chi connectivity index (χ0) is 23.9. The molecule has 2 heterocycles. The Labute approximate surface area is 196 Å². The average molecular weight is 459 g/mol. The van der Waals surface area contributed by atoms with Crippen LogP contribution in [0.5, 0.6) is 11.5 Å². The van der Waals surface area contributed by atoms with E-state index in [1.54, 1.807) is 6.07 Å². The Morgan fingerprint density at radius 2 is 2.03 bits per heavy atom. The molecule has 1 saturated heterocycles. The minimum Gasteiger partial charge on any atom is -0.504 e. The molecule has 7 nitrogen and oxygen atoms in total. The van der Waals surface area contributed by atoms with Crippen molar-refractivity contribution in [2.24, 2.45) is 5.92 Å². The lowest BCUT2D eigenvalue weighted by Gasteiger charge is -2.63. The van der Waals surface area contributed by atoms with E-state index in [1.165, 1.54) is 0 Å². The van der Waals surface area contributed by atoms with Crippen molar-refractivity contribution in [1.29, 1.82) is 0 Å². The number of aromatic hydroxyl groups is 1. The lowest BCUT2D eigenvalue weighted by atomic mass is 9.48. The van der Waals surface area contributed by atoms with E-state index in [0.29, 0.717) is 18.6 Å². The predicted octanol–water partition coefficient (Wildman–Crippen LogP) is 2.50. The van der Waals surface area contributed by atoms with Crippen LogP contribution in [0.15, 0.2) is 12.1 Å². The van der Waals surface area contributed by atoms with Crippen LogP contribution in [0.2, 0.25) is 0 Å². The van der Waals surface area contributed by atoms with Crippen molar-refractivity contribution in [3.8, 4) is 11.5 Å². The van der Waals surface area contributed by atoms with Gasteiger partial charge >= 0.3 is 5.97 Å². The van der Waals surface area contributed by atoms with Gasteiger partial charge in [0.2, 0.25) is 0 Å². The summed E-state index contributed by atoms with van der Waals surface area (Å²) in [6.45, 7) is 10.5. The lowest BCUT2D eigenvalue weighted by molar-refractivity contribution is -0.188. The van der Waals surface area contributed by atoms with Crippen molar-refractivity contribution in [1.82, 2.24) is 10.2 Å². The van der Waals surface area contributed by atoms with Gasteiger partial charge in [0.05, 0.1) is 11.0 Å². The van der Waals surface area contributed by atoms with Crippen molar-refractivity contribution >= 4 is 5.97 Å². The molecule has 182 valence electrons. The Morgan fingerprint density at radius 1 is 1.30 bits per heavy atom. The first-order valence-corrected chi connectivity index (χ1v) is 12.3. The van der Waals surface area contributed by atoms with E-state index < -0.39 is 22.7 Å². The van der Waals surface area contributed by atoms with Gasteiger partial charge in [0, 0.05) is 17.6 Å². The number of aliphatic hydroxyl groups is 1. The Kier molecular flexibility index (Phi) is 5.10. The number of hydrogen-bond donors (Lipinski definition) is 3. The van der Waals surface area contributed by atoms with Crippen molar-refractivity contribution in [2.75, 3.05) is 13.6 Å². The second-order valence-electron chi connectivity index (χ2n) is 11.9. The van der Waals surface area contributed by atoms with Gasteiger partial charge in [-0.25, -0.2) is 0 Å². The number of nitrogens with one attached hydrogen (secondary N) is 1. The second-order valence-corrected chi connectivity index (χ2v) is 11.9. The molecule has 3 N–H and O–H groups in total. The van der Waals surface area contributed by atoms with Crippen LogP contribution in [0, 0.1) is 5.92 Å². The molecule has 6 atom stereocenters. The van der Waals surface area contributed by atoms with E-state index >= 15 is 0 Å². The van der Waals surface area contributed by atoms with Crippen LogP contribution >= 0.6 is 0 Å². The maximum absolute atomic E-state index is 13.1. The number of likely N-dealkylation sites (tertiary alicyclic amines) is 1. The van der Waals surface area contributed by atoms with Gasteiger partial charge in [-0.3, -0.25) is 10.1 Å². The topological polar surface area (TPSA) is 91.3 Å². The highest BCUT2D eigenvalue weighted by molar-refractivity contribution is 5.76. The lowest BCUT2D eigenvalue weighted by Crippen LogP contribution is -2.78. The van der Waals surface area contributed by atoms with Gasteiger partial charge in [-0.15, -0.1) is 0 Å². The number of ether oxygens (including phenoxy) is 2. The Hall–Kier alpha value is -1.83. The molecule has 1 spiro atoms. The summed E-state index contributed by atoms with van der Waals surface area (Å²) < 4.78 is 12.3. The van der Waals surface area contributed by atoms with Gasteiger partial charge < -0.3 is 24.6 Å². The summed E-state index contributed by atoms with van der Waals surface area (Å²) in [5.41, 5.74) is 0.0395. The van der Waals surface area contributed by atoms with Gasteiger partial charge in [-0.1, -0.05) is 19.9 Å². The van der Waals surface area contributed by atoms with E-state index in [1.807, 2.05) is 40.7 Å². The summed E-state index contributed by atoms with van der Waals surface area (Å²) in [5.74, 6) is 0.414. The molecule has 33 heavy (non-hydrogen) atoms. The molecule has 2 aliphatic heterocycles. The highest BCUT2D eigenvalue weighted by Gasteiger charge is 2.72. The number of rotatable bonds is 4. The number of phenolic OH excluding ortho intramolecular Hbond substituents is 1. The maximum atomic E-state index is 13.1. The van der Waals surface area contributed by atoms with Crippen LogP contribution in [0.3, 0.4) is 0 Å². The number of hydrogen-bond acceptors (Lipinski definition) is 7. The number of carbonyl (C=O) groups is 1. The fourth-order valence-corrected chi connectivity index (χ4v) is 7.05. The number of benzene rings is 1. The van der Waals surface area contributed by atoms with E-state index in [4.69, 9.17) is 9.47 Å². The average Bonchev–Trinajstić information content (AvgIpc) is 3.06. The summed E-state index contributed by atoms with van der Waals surface area (Å²) in [4.78, 5) is 15.3. The second kappa shape index (κ2) is 7.33. The summed E-state index contributed by atoms with van der Waals surface area (Å²) in [5, 5.41) is 26.6. The Bertz CT molecular complexity index is 972. The van der Waals surface area contributed by atoms with Gasteiger partial charge in [0.25, 0.3) is 0 Å². The monoisotopic (exact) mass is 458 g/mol. The maximum Gasteiger partial charge on any atom is 0.323 e. The Morgan fingerprint density at radius 3 is 2.70 bits per heavy atom. The highest BCUT2D eigenvalue weighted by Crippen LogP contribution is 2.65. The molecule has 7 heteroatoms. The molecule has 5 rings (SSSR count). The molecule has 1 saturated carbocycles. The third kappa shape index (κ3) is 3.15. The molecular formula is C26H38N2O5. The highest BCUT2D eigenvalue weighted by atomic mass is 16.6. The number of piperidine rings is 1. The molecule has 2 fully saturated rings. The molecule has 1 aromatic carbocycles. The zero-order valence-corrected chi connectivity index (χ0v) is 20.6. The van der Waals surface area contributed by atoms with Crippen LogP contribution in [0.1, 0.15) is 65.0 Å². The molecular weight excluding hydrogens is 420 g/mol. The van der Waals surface area contributed by atoms with Crippen LogP contribution in [0.4, 0.5) is 0 Å². The fourth-order valence-electron chi connectivity index (χ4n) is 7.05. The number of esters is 1. The zero-order valence-electron chi connectivity index (χ0n) is 20.6. The van der Waals surface area contributed by atoms with E-state index in [9.17, 15) is 15.0 Å². The summed E-state index contributed by atoms with van der Waals surface area (Å²) in [7, 11) is 2.09. The standard InChI is InChI=1S/C26H38N2O5/c1-14(2)20(23(30)33-24(3,4)5)27-16-9-10-26(31)18-13-15-7-8-17(29)21-19(15)25(26,22(16)32-21)11-12-28(18)6/h7-8,14,16,18,20,22,27,29,31H,9-13H2,1-6H3/t16?,18-,20+,22?,25+,26-/m1/s1. The molecule has 2 bridgehead atoms. The number of nitrogens with zero attached hydrogens (tertiary/aromatic N) is 1. The molecule has 1 aromatic rings. The largest absolute Gasteiger partial charge is 0.504 e. The number of phenols is 1. The molecule has 4 aliphatic rings. The van der Waals surface area contributed by atoms with E-state index in [2.05, 4.69) is 17.3 Å². The molecule has 0 amide bonds. The van der Waals surface area contributed by atoms with Gasteiger partial charge in [-0.2, -0.15) is 0 Å². The van der Waals surface area contributed by atoms with E-state index in [0.717, 1.165) is 30.5 Å².